The topological polar surface area (TPSA) is 22.1 Å². The van der Waals surface area contributed by atoms with Gasteiger partial charge < -0.3 is 4.74 Å². The zero-order chi connectivity index (χ0) is 18.5. The first-order valence-electron chi connectivity index (χ1n) is 8.26. The Morgan fingerprint density at radius 1 is 1.04 bits per heavy atom. The third-order valence-electron chi connectivity index (χ3n) is 4.34. The summed E-state index contributed by atoms with van der Waals surface area (Å²) in [6, 6.07) is 15.3. The van der Waals surface area contributed by atoms with Gasteiger partial charge in [0.1, 0.15) is 11.6 Å². The van der Waals surface area contributed by atoms with Crippen molar-refractivity contribution < 1.29 is 13.5 Å². The van der Waals surface area contributed by atoms with Gasteiger partial charge in [0.2, 0.25) is 5.88 Å². The third kappa shape index (κ3) is 4.47. The van der Waals surface area contributed by atoms with E-state index in [9.17, 15) is 8.78 Å². The van der Waals surface area contributed by atoms with Gasteiger partial charge in [-0.1, -0.05) is 40.2 Å². The van der Waals surface area contributed by atoms with Crippen LogP contribution in [0.1, 0.15) is 29.0 Å². The van der Waals surface area contributed by atoms with Crippen molar-refractivity contribution in [1.29, 1.82) is 0 Å². The first-order chi connectivity index (χ1) is 12.6. The van der Waals surface area contributed by atoms with Crippen LogP contribution in [-0.4, -0.2) is 12.1 Å². The second kappa shape index (κ2) is 8.41. The van der Waals surface area contributed by atoms with E-state index >= 15 is 0 Å². The number of ether oxygens (including phenoxy) is 1. The van der Waals surface area contributed by atoms with E-state index in [0.29, 0.717) is 24.3 Å². The minimum Gasteiger partial charge on any atom is -0.481 e. The Labute approximate surface area is 160 Å². The molecule has 1 atom stereocenters. The number of aromatic nitrogens is 1. The molecule has 0 saturated carbocycles. The Kier molecular flexibility index (Phi) is 5.99. The molecular weight excluding hydrogens is 400 g/mol. The maximum Gasteiger partial charge on any atom is 0.212 e. The van der Waals surface area contributed by atoms with Crippen LogP contribution in [0.2, 0.25) is 0 Å². The number of nitrogens with zero attached hydrogens (tertiary/aromatic N) is 1. The lowest BCUT2D eigenvalue weighted by Crippen LogP contribution is -2.06. The van der Waals surface area contributed by atoms with Gasteiger partial charge in [-0.2, -0.15) is 0 Å². The van der Waals surface area contributed by atoms with Gasteiger partial charge in [-0.05, 0) is 47.7 Å². The molecule has 0 N–H and O–H groups in total. The van der Waals surface area contributed by atoms with Gasteiger partial charge in [0.05, 0.1) is 7.11 Å². The van der Waals surface area contributed by atoms with Gasteiger partial charge in [-0.15, -0.1) is 0 Å². The van der Waals surface area contributed by atoms with Crippen molar-refractivity contribution in [3.63, 3.8) is 0 Å². The molecule has 3 aromatic rings. The highest BCUT2D eigenvalue weighted by Crippen LogP contribution is 2.32. The highest BCUT2D eigenvalue weighted by molar-refractivity contribution is 9.10. The molecule has 0 saturated heterocycles. The molecule has 1 aromatic heterocycles. The van der Waals surface area contributed by atoms with E-state index in [1.54, 1.807) is 13.3 Å². The molecule has 2 nitrogen and oxygen atoms in total. The summed E-state index contributed by atoms with van der Waals surface area (Å²) in [5, 5.41) is 0. The van der Waals surface area contributed by atoms with Crippen molar-refractivity contribution in [2.24, 2.45) is 0 Å². The summed E-state index contributed by atoms with van der Waals surface area (Å²) in [6.07, 6.45) is 3.16. The van der Waals surface area contributed by atoms with Gasteiger partial charge in [-0.25, -0.2) is 13.8 Å². The lowest BCUT2D eigenvalue weighted by molar-refractivity contribution is 0.397. The number of hydrogen-bond acceptors (Lipinski definition) is 2. The second-order valence-electron chi connectivity index (χ2n) is 6.02. The number of methoxy groups -OCH3 is 1. The number of aryl methyl sites for hydroxylation is 1. The first-order valence-corrected chi connectivity index (χ1v) is 9.05. The van der Waals surface area contributed by atoms with Crippen molar-refractivity contribution in [3.05, 3.63) is 93.6 Å². The fraction of sp³-hybridized carbons (Fsp3) is 0.190. The van der Waals surface area contributed by atoms with Crippen LogP contribution in [0.3, 0.4) is 0 Å². The van der Waals surface area contributed by atoms with Gasteiger partial charge in [0, 0.05) is 28.7 Å². The SMILES string of the molecule is COc1ccc(CCC(c2ccc(Br)cc2)c2ccc(F)cc2F)cn1. The van der Waals surface area contributed by atoms with Crippen LogP contribution in [0.5, 0.6) is 5.88 Å². The Bertz CT molecular complexity index is 866. The molecule has 0 spiro atoms. The van der Waals surface area contributed by atoms with Crippen LogP contribution in [-0.2, 0) is 6.42 Å². The summed E-state index contributed by atoms with van der Waals surface area (Å²) < 4.78 is 33.8. The zero-order valence-corrected chi connectivity index (χ0v) is 15.8. The zero-order valence-electron chi connectivity index (χ0n) is 14.3. The molecule has 0 radical (unpaired) electrons. The Balaban J connectivity index is 1.88. The van der Waals surface area contributed by atoms with Crippen molar-refractivity contribution in [2.75, 3.05) is 7.11 Å². The number of rotatable bonds is 6. The van der Waals surface area contributed by atoms with Crippen LogP contribution in [0, 0.1) is 11.6 Å². The lowest BCUT2D eigenvalue weighted by atomic mass is 9.86. The molecular formula is C21H18BrF2NO. The maximum atomic E-state index is 14.4. The Morgan fingerprint density at radius 2 is 1.81 bits per heavy atom. The minimum atomic E-state index is -0.569. The van der Waals surface area contributed by atoms with E-state index in [2.05, 4.69) is 20.9 Å². The highest BCUT2D eigenvalue weighted by Gasteiger charge is 2.19. The molecule has 0 fully saturated rings. The average Bonchev–Trinajstić information content (AvgIpc) is 2.65. The molecule has 0 aliphatic rings. The van der Waals surface area contributed by atoms with Crippen LogP contribution >= 0.6 is 15.9 Å². The van der Waals surface area contributed by atoms with Crippen LogP contribution in [0.15, 0.2) is 65.3 Å². The molecule has 0 amide bonds. The number of hydrogen-bond donors (Lipinski definition) is 0. The molecule has 0 bridgehead atoms. The van der Waals surface area contributed by atoms with E-state index in [-0.39, 0.29) is 5.92 Å². The number of benzene rings is 2. The molecule has 134 valence electrons. The van der Waals surface area contributed by atoms with Crippen LogP contribution in [0.4, 0.5) is 8.78 Å². The molecule has 0 aliphatic heterocycles. The van der Waals surface area contributed by atoms with E-state index in [1.807, 2.05) is 36.4 Å². The summed E-state index contributed by atoms with van der Waals surface area (Å²) in [5.41, 5.74) is 2.52. The largest absolute Gasteiger partial charge is 0.481 e. The predicted octanol–water partition coefficient (Wildman–Crippen LogP) is 5.90. The Morgan fingerprint density at radius 3 is 2.42 bits per heavy atom. The fourth-order valence-electron chi connectivity index (χ4n) is 2.97. The third-order valence-corrected chi connectivity index (χ3v) is 4.87. The number of halogens is 3. The normalized spacial score (nSPS) is 12.0. The molecule has 0 aliphatic carbocycles. The molecule has 2 aromatic carbocycles. The van der Waals surface area contributed by atoms with E-state index < -0.39 is 11.6 Å². The van der Waals surface area contributed by atoms with Crippen LogP contribution in [0.25, 0.3) is 0 Å². The van der Waals surface area contributed by atoms with Gasteiger partial charge >= 0.3 is 0 Å². The summed E-state index contributed by atoms with van der Waals surface area (Å²) in [4.78, 5) is 4.21. The van der Waals surface area contributed by atoms with E-state index in [4.69, 9.17) is 4.74 Å². The summed E-state index contributed by atoms with van der Waals surface area (Å²) in [5.74, 6) is -0.709. The van der Waals surface area contributed by atoms with E-state index in [0.717, 1.165) is 21.7 Å². The maximum absolute atomic E-state index is 14.4. The smallest absolute Gasteiger partial charge is 0.212 e. The van der Waals surface area contributed by atoms with Gasteiger partial charge in [0.25, 0.3) is 0 Å². The first kappa shape index (κ1) is 18.5. The van der Waals surface area contributed by atoms with Crippen molar-refractivity contribution in [1.82, 2.24) is 4.98 Å². The molecule has 5 heteroatoms. The second-order valence-corrected chi connectivity index (χ2v) is 6.93. The quantitative estimate of drug-likeness (QED) is 0.498. The van der Waals surface area contributed by atoms with E-state index in [1.165, 1.54) is 12.1 Å². The average molecular weight is 418 g/mol. The lowest BCUT2D eigenvalue weighted by Gasteiger charge is -2.19. The van der Waals surface area contributed by atoms with Crippen LogP contribution < -0.4 is 4.74 Å². The number of pyridine rings is 1. The summed E-state index contributed by atoms with van der Waals surface area (Å²) in [7, 11) is 1.57. The highest BCUT2D eigenvalue weighted by atomic mass is 79.9. The molecule has 26 heavy (non-hydrogen) atoms. The Hall–Kier alpha value is -2.27. The van der Waals surface area contributed by atoms with Crippen molar-refractivity contribution >= 4 is 15.9 Å². The summed E-state index contributed by atoms with van der Waals surface area (Å²) in [6.45, 7) is 0. The van der Waals surface area contributed by atoms with Gasteiger partial charge in [0.15, 0.2) is 0 Å². The fourth-order valence-corrected chi connectivity index (χ4v) is 3.24. The molecule has 1 unspecified atom stereocenters. The minimum absolute atomic E-state index is 0.175. The predicted molar refractivity (Wildman–Crippen MR) is 101 cm³/mol. The van der Waals surface area contributed by atoms with Crippen molar-refractivity contribution in [3.8, 4) is 5.88 Å². The summed E-state index contributed by atoms with van der Waals surface area (Å²) >= 11 is 3.42. The molecule has 3 rings (SSSR count). The van der Waals surface area contributed by atoms with Crippen molar-refractivity contribution in [2.45, 2.75) is 18.8 Å². The monoisotopic (exact) mass is 417 g/mol. The standard InChI is InChI=1S/C21H18BrF2NO/c1-26-21-11-3-14(13-25-21)2-9-18(15-4-6-16(22)7-5-15)19-10-8-17(23)12-20(19)24/h3-8,10-13,18H,2,9H2,1H3. The molecule has 1 heterocycles. The van der Waals surface area contributed by atoms with Gasteiger partial charge in [-0.3, -0.25) is 0 Å².